The molecule has 1 heterocycles. The van der Waals surface area contributed by atoms with Gasteiger partial charge < -0.3 is 10.1 Å². The SMILES string of the molecule is CCCc1cc(C(=O)NCCCOCC(C)C)sc1C. The highest BCUT2D eigenvalue weighted by Gasteiger charge is 2.11. The van der Waals surface area contributed by atoms with E-state index >= 15 is 0 Å². The van der Waals surface area contributed by atoms with Crippen LogP contribution in [0.15, 0.2) is 6.07 Å². The summed E-state index contributed by atoms with van der Waals surface area (Å²) in [4.78, 5) is 14.1. The van der Waals surface area contributed by atoms with Gasteiger partial charge in [0.15, 0.2) is 0 Å². The van der Waals surface area contributed by atoms with Crippen LogP contribution in [0.2, 0.25) is 0 Å². The zero-order valence-corrected chi connectivity index (χ0v) is 13.9. The number of hydrogen-bond acceptors (Lipinski definition) is 3. The van der Waals surface area contributed by atoms with Gasteiger partial charge in [-0.1, -0.05) is 27.2 Å². The summed E-state index contributed by atoms with van der Waals surface area (Å²) in [6, 6.07) is 2.04. The lowest BCUT2D eigenvalue weighted by molar-refractivity contribution is 0.0928. The molecule has 0 radical (unpaired) electrons. The maximum Gasteiger partial charge on any atom is 0.261 e. The van der Waals surface area contributed by atoms with Gasteiger partial charge in [0.2, 0.25) is 0 Å². The van der Waals surface area contributed by atoms with Crippen molar-refractivity contribution in [3.05, 3.63) is 21.4 Å². The van der Waals surface area contributed by atoms with Gasteiger partial charge in [-0.3, -0.25) is 4.79 Å². The summed E-state index contributed by atoms with van der Waals surface area (Å²) in [5.41, 5.74) is 1.31. The monoisotopic (exact) mass is 297 g/mol. The minimum atomic E-state index is 0.0457. The van der Waals surface area contributed by atoms with E-state index in [-0.39, 0.29) is 5.91 Å². The summed E-state index contributed by atoms with van der Waals surface area (Å²) < 4.78 is 5.49. The molecule has 1 aromatic rings. The molecule has 1 aromatic heterocycles. The van der Waals surface area contributed by atoms with Crippen molar-refractivity contribution < 1.29 is 9.53 Å². The van der Waals surface area contributed by atoms with E-state index in [4.69, 9.17) is 4.74 Å². The fourth-order valence-electron chi connectivity index (χ4n) is 1.93. The molecule has 0 fully saturated rings. The molecule has 1 N–H and O–H groups in total. The zero-order chi connectivity index (χ0) is 15.0. The molecule has 0 atom stereocenters. The second-order valence-corrected chi connectivity index (χ2v) is 6.78. The molecule has 3 nitrogen and oxygen atoms in total. The Morgan fingerprint density at radius 3 is 2.85 bits per heavy atom. The maximum atomic E-state index is 12.0. The number of ether oxygens (including phenoxy) is 1. The van der Waals surface area contributed by atoms with Crippen LogP contribution in [-0.2, 0) is 11.2 Å². The minimum absolute atomic E-state index is 0.0457. The number of rotatable bonds is 9. The van der Waals surface area contributed by atoms with Crippen LogP contribution in [0.5, 0.6) is 0 Å². The number of aryl methyl sites for hydroxylation is 2. The first-order valence-corrected chi connectivity index (χ1v) is 8.31. The molecule has 1 amide bonds. The molecule has 1 rings (SSSR count). The first kappa shape index (κ1) is 17.2. The minimum Gasteiger partial charge on any atom is -0.381 e. The first-order chi connectivity index (χ1) is 9.54. The van der Waals surface area contributed by atoms with Crippen molar-refractivity contribution in [2.24, 2.45) is 5.92 Å². The third kappa shape index (κ3) is 6.06. The lowest BCUT2D eigenvalue weighted by Gasteiger charge is -2.07. The van der Waals surface area contributed by atoms with Crippen molar-refractivity contribution in [3.8, 4) is 0 Å². The van der Waals surface area contributed by atoms with Crippen molar-refractivity contribution >= 4 is 17.2 Å². The van der Waals surface area contributed by atoms with E-state index in [2.05, 4.69) is 33.0 Å². The Morgan fingerprint density at radius 2 is 2.20 bits per heavy atom. The van der Waals surface area contributed by atoms with E-state index in [0.717, 1.165) is 30.7 Å². The van der Waals surface area contributed by atoms with E-state index in [1.165, 1.54) is 10.4 Å². The Kier molecular flexibility index (Phi) is 7.85. The van der Waals surface area contributed by atoms with Gasteiger partial charge in [0.05, 0.1) is 4.88 Å². The van der Waals surface area contributed by atoms with Crippen LogP contribution in [0.4, 0.5) is 0 Å². The quantitative estimate of drug-likeness (QED) is 0.704. The Morgan fingerprint density at radius 1 is 1.45 bits per heavy atom. The molecule has 0 bridgehead atoms. The summed E-state index contributed by atoms with van der Waals surface area (Å²) in [5, 5.41) is 2.96. The van der Waals surface area contributed by atoms with Gasteiger partial charge in [-0.15, -0.1) is 11.3 Å². The molecule has 0 saturated carbocycles. The standard InChI is InChI=1S/C16H27NO2S/c1-5-7-14-10-15(20-13(14)4)16(18)17-8-6-9-19-11-12(2)3/h10,12H,5-9,11H2,1-4H3,(H,17,18). The van der Waals surface area contributed by atoms with E-state index in [0.29, 0.717) is 19.1 Å². The van der Waals surface area contributed by atoms with Crippen molar-refractivity contribution in [1.29, 1.82) is 0 Å². The smallest absolute Gasteiger partial charge is 0.261 e. The third-order valence-electron chi connectivity index (χ3n) is 2.97. The summed E-state index contributed by atoms with van der Waals surface area (Å²) in [6.45, 7) is 10.7. The normalized spacial score (nSPS) is 11.1. The van der Waals surface area contributed by atoms with E-state index in [9.17, 15) is 4.79 Å². The topological polar surface area (TPSA) is 38.3 Å². The molecule has 0 spiro atoms. The molecule has 0 aliphatic carbocycles. The Balaban J connectivity index is 2.27. The van der Waals surface area contributed by atoms with Crippen LogP contribution in [-0.4, -0.2) is 25.7 Å². The predicted molar refractivity (Wildman–Crippen MR) is 85.7 cm³/mol. The highest BCUT2D eigenvalue weighted by Crippen LogP contribution is 2.22. The molecular weight excluding hydrogens is 270 g/mol. The number of thiophene rings is 1. The largest absolute Gasteiger partial charge is 0.381 e. The van der Waals surface area contributed by atoms with Crippen LogP contribution < -0.4 is 5.32 Å². The molecule has 0 aliphatic heterocycles. The zero-order valence-electron chi connectivity index (χ0n) is 13.1. The first-order valence-electron chi connectivity index (χ1n) is 7.49. The van der Waals surface area contributed by atoms with Gasteiger partial charge >= 0.3 is 0 Å². The number of nitrogens with one attached hydrogen (secondary N) is 1. The van der Waals surface area contributed by atoms with Crippen molar-refractivity contribution in [2.75, 3.05) is 19.8 Å². The van der Waals surface area contributed by atoms with Crippen LogP contribution in [0.25, 0.3) is 0 Å². The van der Waals surface area contributed by atoms with Crippen molar-refractivity contribution in [2.45, 2.75) is 47.0 Å². The number of amides is 1. The van der Waals surface area contributed by atoms with Gasteiger partial charge in [-0.05, 0) is 37.3 Å². The number of hydrogen-bond donors (Lipinski definition) is 1. The van der Waals surface area contributed by atoms with Crippen LogP contribution >= 0.6 is 11.3 Å². The van der Waals surface area contributed by atoms with E-state index < -0.39 is 0 Å². The van der Waals surface area contributed by atoms with Crippen molar-refractivity contribution in [3.63, 3.8) is 0 Å². The highest BCUT2D eigenvalue weighted by molar-refractivity contribution is 7.14. The summed E-state index contributed by atoms with van der Waals surface area (Å²) >= 11 is 1.59. The van der Waals surface area contributed by atoms with E-state index in [1.807, 2.05) is 6.07 Å². The fraction of sp³-hybridized carbons (Fsp3) is 0.688. The molecule has 0 saturated heterocycles. The van der Waals surface area contributed by atoms with Crippen molar-refractivity contribution in [1.82, 2.24) is 5.32 Å². The van der Waals surface area contributed by atoms with Crippen LogP contribution in [0, 0.1) is 12.8 Å². The average molecular weight is 297 g/mol. The summed E-state index contributed by atoms with van der Waals surface area (Å²) in [5.74, 6) is 0.611. The highest BCUT2D eigenvalue weighted by atomic mass is 32.1. The lowest BCUT2D eigenvalue weighted by Crippen LogP contribution is -2.24. The number of carbonyl (C=O) groups excluding carboxylic acids is 1. The Labute approximate surface area is 126 Å². The molecule has 20 heavy (non-hydrogen) atoms. The van der Waals surface area contributed by atoms with Gasteiger partial charge in [-0.2, -0.15) is 0 Å². The van der Waals surface area contributed by atoms with Gasteiger partial charge in [0.25, 0.3) is 5.91 Å². The van der Waals surface area contributed by atoms with Gasteiger partial charge in [-0.25, -0.2) is 0 Å². The van der Waals surface area contributed by atoms with Gasteiger partial charge in [0, 0.05) is 24.6 Å². The molecule has 114 valence electrons. The Bertz CT molecular complexity index is 413. The number of carbonyl (C=O) groups is 1. The second kappa shape index (κ2) is 9.14. The predicted octanol–water partition coefficient (Wildman–Crippen LogP) is 3.80. The fourth-order valence-corrected chi connectivity index (χ4v) is 2.92. The molecule has 0 aromatic carbocycles. The summed E-state index contributed by atoms with van der Waals surface area (Å²) in [6.07, 6.45) is 3.04. The van der Waals surface area contributed by atoms with Crippen LogP contribution in [0.3, 0.4) is 0 Å². The second-order valence-electron chi connectivity index (χ2n) is 5.52. The Hall–Kier alpha value is -0.870. The van der Waals surface area contributed by atoms with Crippen LogP contribution in [0.1, 0.15) is 53.7 Å². The van der Waals surface area contributed by atoms with E-state index in [1.54, 1.807) is 11.3 Å². The molecule has 0 unspecified atom stereocenters. The average Bonchev–Trinajstić information content (AvgIpc) is 2.75. The lowest BCUT2D eigenvalue weighted by atomic mass is 10.1. The summed E-state index contributed by atoms with van der Waals surface area (Å²) in [7, 11) is 0. The molecule has 4 heteroatoms. The maximum absolute atomic E-state index is 12.0. The third-order valence-corrected chi connectivity index (χ3v) is 4.06. The van der Waals surface area contributed by atoms with Gasteiger partial charge in [0.1, 0.15) is 0 Å². The molecule has 0 aliphatic rings. The molecular formula is C16H27NO2S.